The third kappa shape index (κ3) is 1.19. The van der Waals surface area contributed by atoms with Gasteiger partial charge in [-0.2, -0.15) is 0 Å². The molecule has 8 rings (SSSR count). The van der Waals surface area contributed by atoms with E-state index in [2.05, 4.69) is 129 Å². The van der Waals surface area contributed by atoms with Gasteiger partial charge in [0.05, 0.1) is 0 Å². The van der Waals surface area contributed by atoms with Crippen LogP contribution < -0.4 is 0 Å². The van der Waals surface area contributed by atoms with E-state index < -0.39 is 0 Å². The summed E-state index contributed by atoms with van der Waals surface area (Å²) in [5.74, 6) is 0.614. The van der Waals surface area contributed by atoms with Gasteiger partial charge in [0.15, 0.2) is 0 Å². The van der Waals surface area contributed by atoms with Gasteiger partial charge in [-0.25, -0.2) is 0 Å². The van der Waals surface area contributed by atoms with Gasteiger partial charge in [0, 0.05) is 21.7 Å². The zero-order chi connectivity index (χ0) is 21.4. The first-order chi connectivity index (χ1) is 15.7. The largest absolute Gasteiger partial charge is 0.0622 e. The fraction of sp³-hybridized carbons (Fsp3) is 0.250. The lowest BCUT2D eigenvalue weighted by Gasteiger charge is -2.63. The normalized spacial score (nSPS) is 41.1. The number of hydrogen-bond donors (Lipinski definition) is 0. The maximum absolute atomic E-state index is 2.60. The van der Waals surface area contributed by atoms with Crippen LogP contribution in [0.4, 0.5) is 0 Å². The molecule has 0 nitrogen and oxygen atoms in total. The van der Waals surface area contributed by atoms with Crippen LogP contribution in [0.2, 0.25) is 0 Å². The minimum Gasteiger partial charge on any atom is -0.0622 e. The second-order valence-electron chi connectivity index (χ2n) is 10.8. The molecule has 0 bridgehead atoms. The van der Waals surface area contributed by atoms with Gasteiger partial charge in [-0.05, 0) is 39.2 Å². The first kappa shape index (κ1) is 17.4. The Morgan fingerprint density at radius 2 is 0.906 bits per heavy atom. The molecule has 0 spiro atoms. The van der Waals surface area contributed by atoms with Gasteiger partial charge in [0.2, 0.25) is 0 Å². The number of fused-ring (bicyclic) bond motifs is 6. The maximum atomic E-state index is 2.60. The Bertz CT molecular complexity index is 1410. The molecule has 3 fully saturated rings. The first-order valence-electron chi connectivity index (χ1n) is 11.9. The lowest BCUT2D eigenvalue weighted by molar-refractivity contribution is -0.0470. The van der Waals surface area contributed by atoms with Crippen molar-refractivity contribution in [3.05, 3.63) is 143 Å². The lowest BCUT2D eigenvalue weighted by Crippen LogP contribution is -2.65. The molecule has 4 aliphatic rings. The minimum absolute atomic E-state index is 0.0194. The van der Waals surface area contributed by atoms with Crippen molar-refractivity contribution in [2.45, 2.75) is 35.5 Å². The van der Waals surface area contributed by atoms with Crippen LogP contribution in [0.3, 0.4) is 0 Å². The van der Waals surface area contributed by atoms with Crippen LogP contribution in [-0.2, 0) is 21.7 Å². The average molecular weight is 411 g/mol. The van der Waals surface area contributed by atoms with E-state index in [1.165, 1.54) is 16.7 Å². The Labute approximate surface area is 189 Å². The molecule has 0 aliphatic heterocycles. The molecule has 0 heterocycles. The van der Waals surface area contributed by atoms with Crippen LogP contribution >= 0.6 is 0 Å². The van der Waals surface area contributed by atoms with E-state index >= 15 is 0 Å². The summed E-state index contributed by atoms with van der Waals surface area (Å²) >= 11 is 0. The monoisotopic (exact) mass is 410 g/mol. The van der Waals surface area contributed by atoms with E-state index in [1.807, 2.05) is 0 Å². The highest BCUT2D eigenvalue weighted by Gasteiger charge is 3.16. The highest BCUT2D eigenvalue weighted by Crippen LogP contribution is 3.13. The molecule has 4 aliphatic carbocycles. The number of rotatable bonds is 3. The van der Waals surface area contributed by atoms with Gasteiger partial charge in [0.1, 0.15) is 0 Å². The molecule has 0 amide bonds. The predicted octanol–water partition coefficient (Wildman–Crippen LogP) is 6.78. The van der Waals surface area contributed by atoms with Crippen LogP contribution in [-0.4, -0.2) is 0 Å². The van der Waals surface area contributed by atoms with Gasteiger partial charge in [0.25, 0.3) is 0 Å². The Morgan fingerprint density at radius 3 is 1.47 bits per heavy atom. The van der Waals surface area contributed by atoms with Crippen molar-refractivity contribution < 1.29 is 0 Å². The molecule has 3 saturated carbocycles. The molecule has 0 saturated heterocycles. The smallest absolute Gasteiger partial charge is 0.0359 e. The first-order valence-corrected chi connectivity index (χ1v) is 11.9. The average Bonchev–Trinajstić information content (AvgIpc) is 3.05. The molecule has 4 aromatic carbocycles. The third-order valence-corrected chi connectivity index (χ3v) is 10.6. The summed E-state index contributed by atoms with van der Waals surface area (Å²) in [6.45, 7) is 5.19. The van der Waals surface area contributed by atoms with Crippen molar-refractivity contribution in [1.82, 2.24) is 0 Å². The van der Waals surface area contributed by atoms with Crippen LogP contribution in [0.5, 0.6) is 0 Å². The Morgan fingerprint density at radius 1 is 0.469 bits per heavy atom. The van der Waals surface area contributed by atoms with Gasteiger partial charge in [-0.1, -0.05) is 129 Å². The highest BCUT2D eigenvalue weighted by molar-refractivity contribution is 5.89. The van der Waals surface area contributed by atoms with Crippen molar-refractivity contribution in [1.29, 1.82) is 0 Å². The van der Waals surface area contributed by atoms with Gasteiger partial charge < -0.3 is 0 Å². The van der Waals surface area contributed by atoms with Gasteiger partial charge >= 0.3 is 0 Å². The molecule has 32 heavy (non-hydrogen) atoms. The lowest BCUT2D eigenvalue weighted by atomic mass is 9.38. The molecule has 4 aromatic rings. The van der Waals surface area contributed by atoms with E-state index in [1.54, 1.807) is 11.1 Å². The summed E-state index contributed by atoms with van der Waals surface area (Å²) in [7, 11) is 0. The fourth-order valence-corrected chi connectivity index (χ4v) is 10.7. The van der Waals surface area contributed by atoms with E-state index in [4.69, 9.17) is 0 Å². The van der Waals surface area contributed by atoms with Crippen LogP contribution in [0.1, 0.15) is 41.7 Å². The Hall–Kier alpha value is -3.12. The van der Waals surface area contributed by atoms with Crippen molar-refractivity contribution in [3.8, 4) is 0 Å². The van der Waals surface area contributed by atoms with Gasteiger partial charge in [-0.15, -0.1) is 0 Å². The molecular formula is C32H26. The zero-order valence-corrected chi connectivity index (χ0v) is 18.5. The molecule has 0 radical (unpaired) electrons. The van der Waals surface area contributed by atoms with Gasteiger partial charge in [-0.3, -0.25) is 0 Å². The van der Waals surface area contributed by atoms with Crippen molar-refractivity contribution in [2.24, 2.45) is 11.3 Å². The second kappa shape index (κ2) is 4.94. The zero-order valence-electron chi connectivity index (χ0n) is 18.5. The summed E-state index contributed by atoms with van der Waals surface area (Å²) in [4.78, 5) is 0. The summed E-state index contributed by atoms with van der Waals surface area (Å²) in [5.41, 5.74) is 8.29. The van der Waals surface area contributed by atoms with E-state index in [0.29, 0.717) is 5.92 Å². The second-order valence-corrected chi connectivity index (χ2v) is 10.8. The summed E-state index contributed by atoms with van der Waals surface area (Å²) in [5, 5.41) is 0. The standard InChI is InChI=1S/C32H26/c1-28-25-20-12-13-21-26(25)30(22-14-6-3-7-15-22)27(28)29(2)31(28,23-16-8-4-9-17-23)32(29,30)24-18-10-5-11-19-24/h3-21,27H,1-2H3. The summed E-state index contributed by atoms with van der Waals surface area (Å²) < 4.78 is 0. The molecule has 0 heteroatoms. The summed E-state index contributed by atoms with van der Waals surface area (Å²) in [6.07, 6.45) is 0. The Kier molecular flexibility index (Phi) is 2.69. The quantitative estimate of drug-likeness (QED) is 0.349. The van der Waals surface area contributed by atoms with E-state index in [9.17, 15) is 0 Å². The Balaban J connectivity index is 1.58. The van der Waals surface area contributed by atoms with Crippen molar-refractivity contribution in [2.75, 3.05) is 0 Å². The molecule has 154 valence electrons. The SMILES string of the molecule is CC12c3ccccc3C3(c4ccccc4)C1C1(C)C2(c2ccccc2)C31c1ccccc1. The van der Waals surface area contributed by atoms with E-state index in [0.717, 1.165) is 0 Å². The van der Waals surface area contributed by atoms with Crippen LogP contribution in [0, 0.1) is 11.3 Å². The predicted molar refractivity (Wildman–Crippen MR) is 129 cm³/mol. The topological polar surface area (TPSA) is 0 Å². The number of benzene rings is 4. The van der Waals surface area contributed by atoms with Crippen molar-refractivity contribution >= 4 is 0 Å². The molecule has 6 unspecified atom stereocenters. The highest BCUT2D eigenvalue weighted by atomic mass is 15.2. The molecular weight excluding hydrogens is 384 g/mol. The molecule has 0 aromatic heterocycles. The minimum atomic E-state index is 0.0194. The molecule has 6 atom stereocenters. The van der Waals surface area contributed by atoms with Crippen molar-refractivity contribution in [3.63, 3.8) is 0 Å². The van der Waals surface area contributed by atoms with Crippen LogP contribution in [0.15, 0.2) is 115 Å². The maximum Gasteiger partial charge on any atom is 0.0359 e. The fourth-order valence-electron chi connectivity index (χ4n) is 10.7. The molecule has 0 N–H and O–H groups in total. The third-order valence-electron chi connectivity index (χ3n) is 10.6. The van der Waals surface area contributed by atoms with E-state index in [-0.39, 0.29) is 27.1 Å². The summed E-state index contributed by atoms with van der Waals surface area (Å²) in [6, 6.07) is 43.8. The van der Waals surface area contributed by atoms with Crippen LogP contribution in [0.25, 0.3) is 0 Å². The number of hydrogen-bond acceptors (Lipinski definition) is 0.